The van der Waals surface area contributed by atoms with Crippen LogP contribution in [-0.2, 0) is 17.8 Å². The highest BCUT2D eigenvalue weighted by molar-refractivity contribution is 7.10. The molecule has 0 spiro atoms. The molecule has 0 radical (unpaired) electrons. The lowest BCUT2D eigenvalue weighted by atomic mass is 9.93. The van der Waals surface area contributed by atoms with Crippen molar-refractivity contribution in [3.63, 3.8) is 0 Å². The summed E-state index contributed by atoms with van der Waals surface area (Å²) in [5, 5.41) is 5.09. The topological polar surface area (TPSA) is 53.8 Å². The molecule has 2 aromatic heterocycles. The van der Waals surface area contributed by atoms with Crippen LogP contribution in [0.3, 0.4) is 0 Å². The Morgan fingerprint density at radius 3 is 2.59 bits per heavy atom. The molecular formula is C31H24Cl2N2O3S. The van der Waals surface area contributed by atoms with Crippen LogP contribution >= 0.6 is 34.5 Å². The molecular weight excluding hydrogens is 551 g/mol. The summed E-state index contributed by atoms with van der Waals surface area (Å²) in [6.45, 7) is 0.594. The van der Waals surface area contributed by atoms with E-state index in [4.69, 9.17) is 27.6 Å². The van der Waals surface area contributed by atoms with E-state index in [1.165, 1.54) is 4.88 Å². The number of nitrogens with zero attached hydrogens (tertiary/aromatic N) is 2. The lowest BCUT2D eigenvalue weighted by molar-refractivity contribution is -0.134. The second-order valence-corrected chi connectivity index (χ2v) is 11.4. The van der Waals surface area contributed by atoms with Crippen molar-refractivity contribution < 1.29 is 14.0 Å². The Hall–Kier alpha value is -3.58. The zero-order valence-corrected chi connectivity index (χ0v) is 23.2. The van der Waals surface area contributed by atoms with E-state index in [2.05, 4.69) is 6.07 Å². The molecule has 0 fully saturated rings. The Kier molecular flexibility index (Phi) is 7.17. The third kappa shape index (κ3) is 5.20. The van der Waals surface area contributed by atoms with Gasteiger partial charge < -0.3 is 14.2 Å². The summed E-state index contributed by atoms with van der Waals surface area (Å²) in [5.74, 6) is 0.205. The maximum atomic E-state index is 14.0. The van der Waals surface area contributed by atoms with Crippen molar-refractivity contribution in [2.24, 2.45) is 0 Å². The average Bonchev–Trinajstić information content (AvgIpc) is 3.64. The molecule has 3 heterocycles. The number of furan rings is 1. The second kappa shape index (κ2) is 10.9. The predicted octanol–water partition coefficient (Wildman–Crippen LogP) is 7.62. The van der Waals surface area contributed by atoms with E-state index in [1.54, 1.807) is 52.8 Å². The quantitative estimate of drug-likeness (QED) is 0.209. The molecule has 1 aliphatic rings. The van der Waals surface area contributed by atoms with Gasteiger partial charge in [0, 0.05) is 27.0 Å². The van der Waals surface area contributed by atoms with Crippen LogP contribution in [0.4, 0.5) is 0 Å². The monoisotopic (exact) mass is 574 g/mol. The van der Waals surface area contributed by atoms with Crippen molar-refractivity contribution in [3.8, 4) is 0 Å². The number of thiophene rings is 1. The summed E-state index contributed by atoms with van der Waals surface area (Å²) < 4.78 is 5.55. The van der Waals surface area contributed by atoms with Gasteiger partial charge in [-0.2, -0.15) is 0 Å². The number of carbonyl (C=O) groups excluding carboxylic acids is 2. The highest BCUT2D eigenvalue weighted by Gasteiger charge is 2.35. The van der Waals surface area contributed by atoms with Crippen molar-refractivity contribution >= 4 is 57.1 Å². The predicted molar refractivity (Wildman–Crippen MR) is 155 cm³/mol. The van der Waals surface area contributed by atoms with Crippen LogP contribution in [0.2, 0.25) is 10.0 Å². The van der Waals surface area contributed by atoms with Gasteiger partial charge in [0.25, 0.3) is 5.91 Å². The number of amides is 2. The van der Waals surface area contributed by atoms with Crippen molar-refractivity contribution in [3.05, 3.63) is 128 Å². The number of carbonyl (C=O) groups is 2. The molecule has 39 heavy (non-hydrogen) atoms. The highest BCUT2D eigenvalue weighted by atomic mass is 35.5. The summed E-state index contributed by atoms with van der Waals surface area (Å²) in [7, 11) is 0. The van der Waals surface area contributed by atoms with Crippen molar-refractivity contribution in [1.82, 2.24) is 9.80 Å². The fraction of sp³-hybridized carbons (Fsp3) is 0.161. The maximum Gasteiger partial charge on any atom is 0.254 e. The van der Waals surface area contributed by atoms with Gasteiger partial charge in [0.1, 0.15) is 12.3 Å². The van der Waals surface area contributed by atoms with Gasteiger partial charge in [0.15, 0.2) is 0 Å². The summed E-state index contributed by atoms with van der Waals surface area (Å²) >= 11 is 14.5. The lowest BCUT2D eigenvalue weighted by Gasteiger charge is -2.38. The van der Waals surface area contributed by atoms with Crippen LogP contribution in [0, 0.1) is 0 Å². The van der Waals surface area contributed by atoms with Crippen LogP contribution < -0.4 is 0 Å². The Bertz CT molecular complexity index is 1660. The Balaban J connectivity index is 1.33. The van der Waals surface area contributed by atoms with E-state index >= 15 is 0 Å². The summed E-state index contributed by atoms with van der Waals surface area (Å²) in [5.41, 5.74) is 2.39. The zero-order valence-electron chi connectivity index (χ0n) is 20.8. The minimum Gasteiger partial charge on any atom is -0.467 e. The highest BCUT2D eigenvalue weighted by Crippen LogP contribution is 2.41. The maximum absolute atomic E-state index is 14.0. The van der Waals surface area contributed by atoms with Gasteiger partial charge in [-0.1, -0.05) is 59.6 Å². The number of benzene rings is 3. The average molecular weight is 576 g/mol. The summed E-state index contributed by atoms with van der Waals surface area (Å²) in [4.78, 5) is 32.4. The first-order valence-corrected chi connectivity index (χ1v) is 14.2. The Morgan fingerprint density at radius 1 is 0.949 bits per heavy atom. The molecule has 1 aliphatic heterocycles. The van der Waals surface area contributed by atoms with Gasteiger partial charge in [0.2, 0.25) is 5.91 Å². The molecule has 0 saturated carbocycles. The van der Waals surface area contributed by atoms with Gasteiger partial charge in [0.05, 0.1) is 18.8 Å². The van der Waals surface area contributed by atoms with E-state index in [-0.39, 0.29) is 30.9 Å². The van der Waals surface area contributed by atoms with E-state index in [9.17, 15) is 9.59 Å². The molecule has 0 aliphatic carbocycles. The molecule has 1 atom stereocenters. The molecule has 6 rings (SSSR count). The van der Waals surface area contributed by atoms with E-state index < -0.39 is 0 Å². The van der Waals surface area contributed by atoms with Gasteiger partial charge in [-0.15, -0.1) is 11.3 Å². The SMILES string of the molecule is O=C(c1ccc2ccccc2c1)N(CC(=O)N1CCc2sccc2C1c1ccc(Cl)cc1Cl)Cc1ccco1. The van der Waals surface area contributed by atoms with Crippen molar-refractivity contribution in [2.75, 3.05) is 13.1 Å². The van der Waals surface area contributed by atoms with Gasteiger partial charge >= 0.3 is 0 Å². The van der Waals surface area contributed by atoms with E-state index in [0.717, 1.165) is 28.3 Å². The van der Waals surface area contributed by atoms with Crippen LogP contribution in [0.25, 0.3) is 10.8 Å². The molecule has 5 nitrogen and oxygen atoms in total. The fourth-order valence-electron chi connectivity index (χ4n) is 5.19. The lowest BCUT2D eigenvalue weighted by Crippen LogP contribution is -2.46. The zero-order chi connectivity index (χ0) is 26.9. The molecule has 3 aromatic carbocycles. The standard InChI is InChI=1S/C31H24Cl2N2O3S/c32-23-9-10-25(27(33)17-23)30-26-12-15-39-28(26)11-13-35(30)29(36)19-34(18-24-6-3-14-38-24)31(37)22-8-7-20-4-1-2-5-21(20)16-22/h1-10,12,14-17,30H,11,13,18-19H2. The van der Waals surface area contributed by atoms with E-state index in [0.29, 0.717) is 27.9 Å². The van der Waals surface area contributed by atoms with E-state index in [1.807, 2.05) is 52.7 Å². The minimum absolute atomic E-state index is 0.104. The van der Waals surface area contributed by atoms with Gasteiger partial charge in [-0.05, 0) is 76.2 Å². The molecule has 8 heteroatoms. The third-order valence-corrected chi connectivity index (χ3v) is 8.64. The van der Waals surface area contributed by atoms with Crippen molar-refractivity contribution in [2.45, 2.75) is 19.0 Å². The molecule has 5 aromatic rings. The van der Waals surface area contributed by atoms with Crippen LogP contribution in [0.5, 0.6) is 0 Å². The first kappa shape index (κ1) is 25.7. The summed E-state index contributed by atoms with van der Waals surface area (Å²) in [6.07, 6.45) is 2.31. The minimum atomic E-state index is -0.362. The van der Waals surface area contributed by atoms with Crippen LogP contribution in [0.15, 0.2) is 94.9 Å². The number of fused-ring (bicyclic) bond motifs is 2. The molecule has 0 bridgehead atoms. The number of hydrogen-bond donors (Lipinski definition) is 0. The van der Waals surface area contributed by atoms with Crippen molar-refractivity contribution in [1.29, 1.82) is 0 Å². The molecule has 0 N–H and O–H groups in total. The molecule has 0 saturated heterocycles. The number of hydrogen-bond acceptors (Lipinski definition) is 4. The Labute approximate surface area is 240 Å². The second-order valence-electron chi connectivity index (χ2n) is 9.51. The van der Waals surface area contributed by atoms with Gasteiger partial charge in [-0.25, -0.2) is 0 Å². The third-order valence-electron chi connectivity index (χ3n) is 7.08. The Morgan fingerprint density at radius 2 is 1.79 bits per heavy atom. The fourth-order valence-corrected chi connectivity index (χ4v) is 6.61. The largest absolute Gasteiger partial charge is 0.467 e. The summed E-state index contributed by atoms with van der Waals surface area (Å²) in [6, 6.07) is 24.1. The smallest absolute Gasteiger partial charge is 0.254 e. The molecule has 196 valence electrons. The number of rotatable bonds is 6. The number of halogens is 2. The van der Waals surface area contributed by atoms with Crippen LogP contribution in [0.1, 0.15) is 38.2 Å². The van der Waals surface area contributed by atoms with Crippen LogP contribution in [-0.4, -0.2) is 34.7 Å². The first-order chi connectivity index (χ1) is 19.0. The molecule has 1 unspecified atom stereocenters. The first-order valence-electron chi connectivity index (χ1n) is 12.6. The normalized spacial score (nSPS) is 14.8. The van der Waals surface area contributed by atoms with Gasteiger partial charge in [-0.3, -0.25) is 9.59 Å². The molecule has 2 amide bonds.